The summed E-state index contributed by atoms with van der Waals surface area (Å²) in [5.74, 6) is 0. The Balaban J connectivity index is 1.69. The molecule has 0 heteroatoms. The summed E-state index contributed by atoms with van der Waals surface area (Å²) in [4.78, 5) is 0. The molecule has 0 unspecified atom stereocenters. The number of hydrogen-bond acceptors (Lipinski definition) is 0. The van der Waals surface area contributed by atoms with Gasteiger partial charge in [-0.3, -0.25) is 0 Å². The first-order valence-corrected chi connectivity index (χ1v) is 7.56. The first-order chi connectivity index (χ1) is 10.3. The average molecular weight is 270 g/mol. The monoisotopic (exact) mass is 270 g/mol. The second kappa shape index (κ2) is 4.89. The van der Waals surface area contributed by atoms with E-state index in [9.17, 15) is 0 Å². The van der Waals surface area contributed by atoms with E-state index in [-0.39, 0.29) is 0 Å². The number of rotatable bonds is 2. The third-order valence-corrected chi connectivity index (χ3v) is 4.51. The van der Waals surface area contributed by atoms with Crippen LogP contribution in [0.15, 0.2) is 66.7 Å². The Hall–Kier alpha value is -2.34. The van der Waals surface area contributed by atoms with Gasteiger partial charge in [0, 0.05) is 0 Å². The molecule has 0 saturated heterocycles. The summed E-state index contributed by atoms with van der Waals surface area (Å²) in [5, 5.41) is 0. The maximum absolute atomic E-state index is 2.39. The maximum atomic E-state index is 2.39. The summed E-state index contributed by atoms with van der Waals surface area (Å²) >= 11 is 0. The highest BCUT2D eigenvalue weighted by Crippen LogP contribution is 2.37. The van der Waals surface area contributed by atoms with Crippen molar-refractivity contribution >= 4 is 0 Å². The minimum atomic E-state index is 1.02. The van der Waals surface area contributed by atoms with Gasteiger partial charge >= 0.3 is 0 Å². The zero-order valence-electron chi connectivity index (χ0n) is 12.3. The Kier molecular flexibility index (Phi) is 2.89. The normalized spacial score (nSPS) is 12.0. The molecule has 0 aromatic heterocycles. The predicted molar refractivity (Wildman–Crippen MR) is 88.7 cm³/mol. The Labute approximate surface area is 126 Å². The molecule has 0 spiro atoms. The summed E-state index contributed by atoms with van der Waals surface area (Å²) in [6.07, 6.45) is 2.10. The topological polar surface area (TPSA) is 0 Å². The Morgan fingerprint density at radius 1 is 0.762 bits per heavy atom. The second-order valence-corrected chi connectivity index (χ2v) is 5.93. The molecule has 0 atom stereocenters. The molecule has 0 aliphatic heterocycles. The van der Waals surface area contributed by atoms with E-state index in [0.29, 0.717) is 0 Å². The van der Waals surface area contributed by atoms with Gasteiger partial charge in [-0.1, -0.05) is 66.7 Å². The molecule has 0 N–H and O–H groups in total. The van der Waals surface area contributed by atoms with Crippen molar-refractivity contribution in [3.05, 3.63) is 94.5 Å². The zero-order chi connectivity index (χ0) is 14.2. The van der Waals surface area contributed by atoms with Crippen molar-refractivity contribution in [1.29, 1.82) is 0 Å². The molecular weight excluding hydrogens is 252 g/mol. The molecule has 0 bridgehead atoms. The lowest BCUT2D eigenvalue weighted by molar-refractivity contribution is 1.14. The highest BCUT2D eigenvalue weighted by molar-refractivity contribution is 5.77. The standard InChI is InChI=1S/C21H18/c1-15-6-2-3-7-17(15)12-16-10-11-21-19(13-16)14-18-8-4-5-9-20(18)21/h2-11,13H,12,14H2,1H3. The summed E-state index contributed by atoms with van der Waals surface area (Å²) in [7, 11) is 0. The number of hydrogen-bond donors (Lipinski definition) is 0. The molecule has 4 rings (SSSR count). The molecule has 1 aliphatic carbocycles. The fraction of sp³-hybridized carbons (Fsp3) is 0.143. The van der Waals surface area contributed by atoms with Crippen LogP contribution in [0.2, 0.25) is 0 Å². The van der Waals surface area contributed by atoms with Crippen molar-refractivity contribution in [3.8, 4) is 11.1 Å². The van der Waals surface area contributed by atoms with E-state index in [4.69, 9.17) is 0 Å². The van der Waals surface area contributed by atoms with E-state index < -0.39 is 0 Å². The molecule has 1 aliphatic rings. The molecule has 0 nitrogen and oxygen atoms in total. The van der Waals surface area contributed by atoms with Gasteiger partial charge in [-0.05, 0) is 58.7 Å². The molecule has 102 valence electrons. The average Bonchev–Trinajstić information content (AvgIpc) is 2.87. The van der Waals surface area contributed by atoms with E-state index in [1.807, 2.05) is 0 Å². The van der Waals surface area contributed by atoms with Gasteiger partial charge in [-0.2, -0.15) is 0 Å². The molecule has 3 aromatic carbocycles. The minimum absolute atomic E-state index is 1.02. The van der Waals surface area contributed by atoms with Crippen molar-refractivity contribution in [2.45, 2.75) is 19.8 Å². The SMILES string of the molecule is Cc1ccccc1Cc1ccc2c(c1)Cc1ccccc1-2. The molecule has 0 radical (unpaired) electrons. The van der Waals surface area contributed by atoms with Gasteiger partial charge in [-0.25, -0.2) is 0 Å². The maximum Gasteiger partial charge on any atom is -0.00134 e. The lowest BCUT2D eigenvalue weighted by Crippen LogP contribution is -1.93. The van der Waals surface area contributed by atoms with Gasteiger partial charge in [-0.15, -0.1) is 0 Å². The molecule has 0 fully saturated rings. The van der Waals surface area contributed by atoms with Crippen molar-refractivity contribution in [2.24, 2.45) is 0 Å². The van der Waals surface area contributed by atoms with Gasteiger partial charge in [0.25, 0.3) is 0 Å². The first-order valence-electron chi connectivity index (χ1n) is 7.56. The molecule has 0 amide bonds. The third-order valence-electron chi connectivity index (χ3n) is 4.51. The van der Waals surface area contributed by atoms with Gasteiger partial charge in [0.15, 0.2) is 0 Å². The summed E-state index contributed by atoms with van der Waals surface area (Å²) in [5.41, 5.74) is 9.97. The van der Waals surface area contributed by atoms with Crippen LogP contribution in [0.1, 0.15) is 27.8 Å². The Morgan fingerprint density at radius 2 is 1.52 bits per heavy atom. The van der Waals surface area contributed by atoms with Crippen LogP contribution >= 0.6 is 0 Å². The molecule has 0 saturated carbocycles. The fourth-order valence-electron chi connectivity index (χ4n) is 3.34. The predicted octanol–water partition coefficient (Wildman–Crippen LogP) is 5.16. The van der Waals surface area contributed by atoms with Crippen molar-refractivity contribution < 1.29 is 0 Å². The van der Waals surface area contributed by atoms with Crippen LogP contribution in [-0.4, -0.2) is 0 Å². The van der Waals surface area contributed by atoms with Gasteiger partial charge in [0.05, 0.1) is 0 Å². The van der Waals surface area contributed by atoms with Crippen LogP contribution in [0.5, 0.6) is 0 Å². The highest BCUT2D eigenvalue weighted by atomic mass is 14.2. The van der Waals surface area contributed by atoms with Crippen LogP contribution in [0.25, 0.3) is 11.1 Å². The van der Waals surface area contributed by atoms with Crippen LogP contribution in [0, 0.1) is 6.92 Å². The van der Waals surface area contributed by atoms with Crippen LogP contribution in [0.3, 0.4) is 0 Å². The van der Waals surface area contributed by atoms with E-state index >= 15 is 0 Å². The molecule has 3 aromatic rings. The fourth-order valence-corrected chi connectivity index (χ4v) is 3.34. The Bertz CT molecular complexity index is 812. The van der Waals surface area contributed by atoms with E-state index in [1.165, 1.54) is 38.9 Å². The molecule has 21 heavy (non-hydrogen) atoms. The first kappa shape index (κ1) is 12.4. The van der Waals surface area contributed by atoms with Gasteiger partial charge in [0.2, 0.25) is 0 Å². The quantitative estimate of drug-likeness (QED) is 0.472. The smallest absolute Gasteiger partial charge is 0.00134 e. The second-order valence-electron chi connectivity index (χ2n) is 5.93. The van der Waals surface area contributed by atoms with Crippen molar-refractivity contribution in [2.75, 3.05) is 0 Å². The summed E-state index contributed by atoms with van der Waals surface area (Å²) < 4.78 is 0. The van der Waals surface area contributed by atoms with Gasteiger partial charge < -0.3 is 0 Å². The van der Waals surface area contributed by atoms with Crippen LogP contribution in [-0.2, 0) is 12.8 Å². The minimum Gasteiger partial charge on any atom is -0.0620 e. The van der Waals surface area contributed by atoms with Gasteiger partial charge in [0.1, 0.15) is 0 Å². The van der Waals surface area contributed by atoms with Crippen LogP contribution < -0.4 is 0 Å². The van der Waals surface area contributed by atoms with E-state index in [0.717, 1.165) is 12.8 Å². The van der Waals surface area contributed by atoms with E-state index in [1.54, 1.807) is 0 Å². The third kappa shape index (κ3) is 2.17. The van der Waals surface area contributed by atoms with Crippen molar-refractivity contribution in [1.82, 2.24) is 0 Å². The van der Waals surface area contributed by atoms with E-state index in [2.05, 4.69) is 73.7 Å². The zero-order valence-corrected chi connectivity index (χ0v) is 12.3. The number of aryl methyl sites for hydroxylation is 1. The summed E-state index contributed by atoms with van der Waals surface area (Å²) in [6.45, 7) is 2.19. The molecule has 0 heterocycles. The lowest BCUT2D eigenvalue weighted by atomic mass is 9.97. The van der Waals surface area contributed by atoms with Crippen LogP contribution in [0.4, 0.5) is 0 Å². The summed E-state index contributed by atoms with van der Waals surface area (Å²) in [6, 6.07) is 24.4. The Morgan fingerprint density at radius 3 is 2.43 bits per heavy atom. The lowest BCUT2D eigenvalue weighted by Gasteiger charge is -2.08. The van der Waals surface area contributed by atoms with Crippen molar-refractivity contribution in [3.63, 3.8) is 0 Å². The number of benzene rings is 3. The number of fused-ring (bicyclic) bond motifs is 3. The largest absolute Gasteiger partial charge is 0.0620 e. The molecular formula is C21H18. The highest BCUT2D eigenvalue weighted by Gasteiger charge is 2.17.